The fourth-order valence-corrected chi connectivity index (χ4v) is 3.73. The third-order valence-electron chi connectivity index (χ3n) is 4.79. The minimum atomic E-state index is 0.415. The zero-order chi connectivity index (χ0) is 14.6. The van der Waals surface area contributed by atoms with E-state index in [4.69, 9.17) is 0 Å². The van der Waals surface area contributed by atoms with Crippen LogP contribution in [0.2, 0.25) is 0 Å². The van der Waals surface area contributed by atoms with Crippen LogP contribution < -0.4 is 10.2 Å². The van der Waals surface area contributed by atoms with Crippen LogP contribution in [0.25, 0.3) is 0 Å². The van der Waals surface area contributed by atoms with E-state index in [0.717, 1.165) is 0 Å². The van der Waals surface area contributed by atoms with Gasteiger partial charge in [0.05, 0.1) is 0 Å². The summed E-state index contributed by atoms with van der Waals surface area (Å²) in [5.41, 5.74) is 3.44. The molecule has 0 aromatic heterocycles. The molecule has 1 aromatic rings. The second-order valence-corrected chi connectivity index (χ2v) is 6.43. The molecule has 112 valence electrons. The Balaban J connectivity index is 2.12. The lowest BCUT2D eigenvalue weighted by Gasteiger charge is -2.52. The van der Waals surface area contributed by atoms with Crippen molar-refractivity contribution >= 4 is 5.69 Å². The van der Waals surface area contributed by atoms with Crippen LogP contribution in [-0.2, 0) is 0 Å². The van der Waals surface area contributed by atoms with E-state index in [0.29, 0.717) is 11.5 Å². The van der Waals surface area contributed by atoms with Crippen LogP contribution in [-0.4, -0.2) is 20.1 Å². The van der Waals surface area contributed by atoms with Crippen molar-refractivity contribution in [3.05, 3.63) is 29.8 Å². The molecule has 2 nitrogen and oxygen atoms in total. The lowest BCUT2D eigenvalue weighted by molar-refractivity contribution is 0.173. The largest absolute Gasteiger partial charge is 0.370 e. The molecule has 1 aliphatic heterocycles. The third-order valence-corrected chi connectivity index (χ3v) is 4.79. The van der Waals surface area contributed by atoms with Gasteiger partial charge < -0.3 is 10.2 Å². The van der Waals surface area contributed by atoms with Gasteiger partial charge in [0, 0.05) is 30.2 Å². The molecule has 0 saturated carbocycles. The molecule has 1 aliphatic rings. The summed E-state index contributed by atoms with van der Waals surface area (Å²) in [6, 6.07) is 9.28. The smallest absolute Gasteiger partial charge is 0.0415 e. The van der Waals surface area contributed by atoms with Gasteiger partial charge in [-0.2, -0.15) is 0 Å². The molecule has 1 N–H and O–H groups in total. The Morgan fingerprint density at radius 3 is 2.30 bits per heavy atom. The van der Waals surface area contributed by atoms with Gasteiger partial charge in [0.25, 0.3) is 0 Å². The Labute approximate surface area is 124 Å². The Morgan fingerprint density at radius 2 is 1.75 bits per heavy atom. The van der Waals surface area contributed by atoms with E-state index < -0.39 is 0 Å². The molecular weight excluding hydrogens is 244 g/mol. The Morgan fingerprint density at radius 1 is 1.15 bits per heavy atom. The number of para-hydroxylation sites is 1. The van der Waals surface area contributed by atoms with Gasteiger partial charge in [0.1, 0.15) is 0 Å². The summed E-state index contributed by atoms with van der Waals surface area (Å²) in [7, 11) is 2.04. The number of nitrogens with zero attached hydrogens (tertiary/aromatic N) is 1. The molecule has 0 aliphatic carbocycles. The first-order valence-electron chi connectivity index (χ1n) is 8.17. The quantitative estimate of drug-likeness (QED) is 0.794. The van der Waals surface area contributed by atoms with Crippen LogP contribution in [0.1, 0.15) is 58.1 Å². The lowest BCUT2D eigenvalue weighted by Crippen LogP contribution is -2.56. The maximum atomic E-state index is 3.37. The average molecular weight is 274 g/mol. The zero-order valence-corrected chi connectivity index (χ0v) is 13.6. The van der Waals surface area contributed by atoms with Gasteiger partial charge in [-0.05, 0) is 38.4 Å². The van der Waals surface area contributed by atoms with E-state index in [1.807, 2.05) is 7.05 Å². The van der Waals surface area contributed by atoms with Crippen LogP contribution in [0.15, 0.2) is 24.3 Å². The second kappa shape index (κ2) is 6.62. The molecule has 1 fully saturated rings. The highest BCUT2D eigenvalue weighted by atomic mass is 15.2. The van der Waals surface area contributed by atoms with Crippen molar-refractivity contribution in [3.63, 3.8) is 0 Å². The van der Waals surface area contributed by atoms with Crippen molar-refractivity contribution in [2.24, 2.45) is 5.41 Å². The Hall–Kier alpha value is -1.02. The SMILES string of the molecule is CCCC1(CCC)CN(c2ccccc2C(C)NC)C1. The van der Waals surface area contributed by atoms with Crippen LogP contribution >= 0.6 is 0 Å². The van der Waals surface area contributed by atoms with Gasteiger partial charge in [-0.3, -0.25) is 0 Å². The van der Waals surface area contributed by atoms with Crippen molar-refractivity contribution < 1.29 is 0 Å². The first-order valence-corrected chi connectivity index (χ1v) is 8.17. The van der Waals surface area contributed by atoms with Crippen molar-refractivity contribution in [2.45, 2.75) is 52.5 Å². The first kappa shape index (κ1) is 15.4. The van der Waals surface area contributed by atoms with E-state index in [9.17, 15) is 0 Å². The average Bonchev–Trinajstić information content (AvgIpc) is 2.43. The van der Waals surface area contributed by atoms with Gasteiger partial charge in [-0.15, -0.1) is 0 Å². The molecule has 20 heavy (non-hydrogen) atoms. The normalized spacial score (nSPS) is 18.7. The minimum absolute atomic E-state index is 0.415. The van der Waals surface area contributed by atoms with Gasteiger partial charge in [-0.25, -0.2) is 0 Å². The highest BCUT2D eigenvalue weighted by molar-refractivity contribution is 5.57. The fourth-order valence-electron chi connectivity index (χ4n) is 3.73. The molecule has 1 unspecified atom stereocenters. The predicted molar refractivity (Wildman–Crippen MR) is 88.4 cm³/mol. The predicted octanol–water partition coefficient (Wildman–Crippen LogP) is 4.37. The lowest BCUT2D eigenvalue weighted by atomic mass is 9.72. The van der Waals surface area contributed by atoms with E-state index in [1.54, 1.807) is 0 Å². The molecule has 0 amide bonds. The van der Waals surface area contributed by atoms with Crippen LogP contribution in [0.5, 0.6) is 0 Å². The molecule has 1 heterocycles. The molecule has 0 spiro atoms. The van der Waals surface area contributed by atoms with Crippen molar-refractivity contribution in [2.75, 3.05) is 25.0 Å². The van der Waals surface area contributed by atoms with Crippen molar-refractivity contribution in [1.82, 2.24) is 5.32 Å². The highest BCUT2D eigenvalue weighted by Gasteiger charge is 2.41. The van der Waals surface area contributed by atoms with Crippen molar-refractivity contribution in [1.29, 1.82) is 0 Å². The van der Waals surface area contributed by atoms with Crippen molar-refractivity contribution in [3.8, 4) is 0 Å². The molecule has 0 radical (unpaired) electrons. The first-order chi connectivity index (χ1) is 9.65. The van der Waals surface area contributed by atoms with E-state index in [2.05, 4.69) is 55.3 Å². The fraction of sp³-hybridized carbons (Fsp3) is 0.667. The second-order valence-electron chi connectivity index (χ2n) is 6.43. The number of benzene rings is 1. The van der Waals surface area contributed by atoms with E-state index in [1.165, 1.54) is 50.0 Å². The number of rotatable bonds is 7. The molecule has 1 aromatic carbocycles. The topological polar surface area (TPSA) is 15.3 Å². The van der Waals surface area contributed by atoms with Gasteiger partial charge in [-0.1, -0.05) is 44.9 Å². The summed E-state index contributed by atoms with van der Waals surface area (Å²) >= 11 is 0. The number of hydrogen-bond donors (Lipinski definition) is 1. The van der Waals surface area contributed by atoms with Crippen LogP contribution in [0, 0.1) is 5.41 Å². The summed E-state index contributed by atoms with van der Waals surface area (Å²) < 4.78 is 0. The van der Waals surface area contributed by atoms with E-state index in [-0.39, 0.29) is 0 Å². The Kier molecular flexibility index (Phi) is 5.09. The van der Waals surface area contributed by atoms with Crippen LogP contribution in [0.3, 0.4) is 0 Å². The molecular formula is C18H30N2. The molecule has 2 heteroatoms. The third kappa shape index (κ3) is 3.01. The summed E-state index contributed by atoms with van der Waals surface area (Å²) in [4.78, 5) is 2.58. The van der Waals surface area contributed by atoms with Crippen LogP contribution in [0.4, 0.5) is 5.69 Å². The zero-order valence-electron chi connectivity index (χ0n) is 13.6. The standard InChI is InChI=1S/C18H30N2/c1-5-11-18(12-6-2)13-20(14-18)17-10-8-7-9-16(17)15(3)19-4/h7-10,15,19H,5-6,11-14H2,1-4H3. The molecule has 2 rings (SSSR count). The molecule has 1 atom stereocenters. The maximum Gasteiger partial charge on any atom is 0.0415 e. The monoisotopic (exact) mass is 274 g/mol. The summed E-state index contributed by atoms with van der Waals surface area (Å²) in [6.07, 6.45) is 5.37. The van der Waals surface area contributed by atoms with Gasteiger partial charge in [0.15, 0.2) is 0 Å². The highest BCUT2D eigenvalue weighted by Crippen LogP contribution is 2.43. The summed E-state index contributed by atoms with van der Waals surface area (Å²) in [6.45, 7) is 9.35. The van der Waals surface area contributed by atoms with Gasteiger partial charge in [0.2, 0.25) is 0 Å². The van der Waals surface area contributed by atoms with Gasteiger partial charge >= 0.3 is 0 Å². The maximum absolute atomic E-state index is 3.37. The number of anilines is 1. The molecule has 1 saturated heterocycles. The van der Waals surface area contributed by atoms with E-state index >= 15 is 0 Å². The summed E-state index contributed by atoms with van der Waals surface area (Å²) in [5.74, 6) is 0. The summed E-state index contributed by atoms with van der Waals surface area (Å²) in [5, 5.41) is 3.37. The molecule has 0 bridgehead atoms. The number of nitrogens with one attached hydrogen (secondary N) is 1. The number of hydrogen-bond acceptors (Lipinski definition) is 2. The Bertz CT molecular complexity index is 413. The minimum Gasteiger partial charge on any atom is -0.370 e.